The van der Waals surface area contributed by atoms with Gasteiger partial charge >= 0.3 is 0 Å². The summed E-state index contributed by atoms with van der Waals surface area (Å²) >= 11 is 0. The van der Waals surface area contributed by atoms with Crippen molar-refractivity contribution < 1.29 is 14.3 Å². The van der Waals surface area contributed by atoms with Crippen molar-refractivity contribution in [3.8, 4) is 5.75 Å². The average Bonchev–Trinajstić information content (AvgIpc) is 3.16. The van der Waals surface area contributed by atoms with E-state index in [1.165, 1.54) is 17.5 Å². The number of ether oxygens (including phenoxy) is 2. The van der Waals surface area contributed by atoms with Crippen molar-refractivity contribution in [1.29, 1.82) is 0 Å². The Balaban J connectivity index is 1.11. The van der Waals surface area contributed by atoms with E-state index in [2.05, 4.69) is 55.8 Å². The number of likely N-dealkylation sites (tertiary alicyclic amines) is 1. The summed E-state index contributed by atoms with van der Waals surface area (Å²) in [5.74, 6) is 1.78. The summed E-state index contributed by atoms with van der Waals surface area (Å²) in [6.07, 6.45) is 5.39. The van der Waals surface area contributed by atoms with Crippen LogP contribution in [0.5, 0.6) is 5.75 Å². The van der Waals surface area contributed by atoms with Gasteiger partial charge in [0.05, 0.1) is 24.5 Å². The second kappa shape index (κ2) is 10.6. The minimum absolute atomic E-state index is 0.0548. The van der Waals surface area contributed by atoms with Gasteiger partial charge in [0.1, 0.15) is 18.2 Å². The molecule has 4 aliphatic heterocycles. The average molecular weight is 505 g/mol. The van der Waals surface area contributed by atoms with Crippen LogP contribution in [0.15, 0.2) is 43.1 Å². The standard InChI is InChI=1S/C28H36N6O3/c1-2-27(35)34-9-6-21(7-10-34)31-11-13-32(14-12-31)22-3-4-26-24(19-22)30-28-23(20-37-26)25(5-8-29-28)33-15-17-36-18-16-33/h2-5,8,19,21H,1,6-7,9-18,20H2,(H,29,30). The highest BCUT2D eigenvalue weighted by atomic mass is 16.5. The zero-order valence-corrected chi connectivity index (χ0v) is 21.4. The highest BCUT2D eigenvalue weighted by molar-refractivity contribution is 5.87. The highest BCUT2D eigenvalue weighted by Gasteiger charge is 2.29. The maximum absolute atomic E-state index is 11.9. The van der Waals surface area contributed by atoms with Crippen LogP contribution < -0.4 is 19.9 Å². The molecule has 1 aromatic carbocycles. The van der Waals surface area contributed by atoms with Crippen LogP contribution in [0.4, 0.5) is 22.9 Å². The quantitative estimate of drug-likeness (QED) is 0.638. The number of carbonyl (C=O) groups is 1. The summed E-state index contributed by atoms with van der Waals surface area (Å²) in [6.45, 7) is 13.1. The van der Waals surface area contributed by atoms with Gasteiger partial charge in [-0.3, -0.25) is 9.69 Å². The molecule has 37 heavy (non-hydrogen) atoms. The van der Waals surface area contributed by atoms with E-state index in [-0.39, 0.29) is 5.91 Å². The van der Waals surface area contributed by atoms with E-state index in [0.29, 0.717) is 12.6 Å². The van der Waals surface area contributed by atoms with Crippen molar-refractivity contribution in [3.63, 3.8) is 0 Å². The number of hydrogen-bond acceptors (Lipinski definition) is 8. The van der Waals surface area contributed by atoms with E-state index in [4.69, 9.17) is 9.47 Å². The predicted molar refractivity (Wildman–Crippen MR) is 145 cm³/mol. The molecular weight excluding hydrogens is 468 g/mol. The van der Waals surface area contributed by atoms with Gasteiger partial charge < -0.3 is 29.5 Å². The van der Waals surface area contributed by atoms with Crippen molar-refractivity contribution in [3.05, 3.63) is 48.7 Å². The summed E-state index contributed by atoms with van der Waals surface area (Å²) in [7, 11) is 0. The maximum atomic E-state index is 11.9. The van der Waals surface area contributed by atoms with E-state index in [9.17, 15) is 4.79 Å². The lowest BCUT2D eigenvalue weighted by atomic mass is 10.0. The van der Waals surface area contributed by atoms with Crippen LogP contribution in [-0.2, 0) is 16.1 Å². The van der Waals surface area contributed by atoms with E-state index in [1.807, 2.05) is 11.1 Å². The van der Waals surface area contributed by atoms with Crippen LogP contribution in [0.2, 0.25) is 0 Å². The molecular formula is C28H36N6O3. The predicted octanol–water partition coefficient (Wildman–Crippen LogP) is 2.85. The zero-order chi connectivity index (χ0) is 25.2. The molecule has 0 spiro atoms. The molecule has 0 aliphatic carbocycles. The Hall–Kier alpha value is -3.30. The number of benzene rings is 1. The van der Waals surface area contributed by atoms with Crippen molar-refractivity contribution in [2.75, 3.05) is 80.7 Å². The van der Waals surface area contributed by atoms with E-state index in [0.717, 1.165) is 101 Å². The van der Waals surface area contributed by atoms with Gasteiger partial charge in [-0.05, 0) is 43.2 Å². The molecule has 5 heterocycles. The van der Waals surface area contributed by atoms with Crippen LogP contribution in [0.25, 0.3) is 0 Å². The molecule has 9 nitrogen and oxygen atoms in total. The number of rotatable bonds is 4. The highest BCUT2D eigenvalue weighted by Crippen LogP contribution is 2.39. The van der Waals surface area contributed by atoms with Crippen LogP contribution in [-0.4, -0.2) is 92.3 Å². The maximum Gasteiger partial charge on any atom is 0.245 e. The Bertz CT molecular complexity index is 1130. The van der Waals surface area contributed by atoms with Crippen molar-refractivity contribution in [2.24, 2.45) is 0 Å². The smallest absolute Gasteiger partial charge is 0.245 e. The lowest BCUT2D eigenvalue weighted by Crippen LogP contribution is -2.53. The molecule has 0 bridgehead atoms. The summed E-state index contributed by atoms with van der Waals surface area (Å²) in [5, 5.41) is 3.57. The summed E-state index contributed by atoms with van der Waals surface area (Å²) in [4.78, 5) is 25.9. The van der Waals surface area contributed by atoms with Crippen LogP contribution >= 0.6 is 0 Å². The fourth-order valence-corrected chi connectivity index (χ4v) is 5.97. The van der Waals surface area contributed by atoms with Crippen molar-refractivity contribution >= 4 is 28.8 Å². The Kier molecular flexibility index (Phi) is 6.89. The van der Waals surface area contributed by atoms with Crippen LogP contribution in [0.3, 0.4) is 0 Å². The molecule has 3 fully saturated rings. The molecule has 0 radical (unpaired) electrons. The topological polar surface area (TPSA) is 73.4 Å². The number of carbonyl (C=O) groups excluding carboxylic acids is 1. The molecule has 0 atom stereocenters. The molecule has 196 valence electrons. The Morgan fingerprint density at radius 2 is 1.78 bits per heavy atom. The van der Waals surface area contributed by atoms with Gasteiger partial charge in [0.25, 0.3) is 0 Å². The second-order valence-electron chi connectivity index (χ2n) is 10.1. The lowest BCUT2D eigenvalue weighted by molar-refractivity contribution is -0.127. The number of anilines is 4. The van der Waals surface area contributed by atoms with Gasteiger partial charge in [-0.2, -0.15) is 0 Å². The minimum Gasteiger partial charge on any atom is -0.486 e. The summed E-state index contributed by atoms with van der Waals surface area (Å²) < 4.78 is 11.8. The number of morpholine rings is 1. The largest absolute Gasteiger partial charge is 0.486 e. The van der Waals surface area contributed by atoms with E-state index >= 15 is 0 Å². The minimum atomic E-state index is 0.0548. The Morgan fingerprint density at radius 1 is 1.00 bits per heavy atom. The molecule has 2 aromatic rings. The number of piperazine rings is 1. The van der Waals surface area contributed by atoms with Gasteiger partial charge in [-0.25, -0.2) is 4.98 Å². The first-order valence-electron chi connectivity index (χ1n) is 13.4. The third kappa shape index (κ3) is 4.98. The molecule has 3 saturated heterocycles. The lowest BCUT2D eigenvalue weighted by Gasteiger charge is -2.43. The van der Waals surface area contributed by atoms with Crippen LogP contribution in [0, 0.1) is 0 Å². The fourth-order valence-electron chi connectivity index (χ4n) is 5.97. The number of hydrogen-bond donors (Lipinski definition) is 1. The number of nitrogens with zero attached hydrogens (tertiary/aromatic N) is 5. The first-order chi connectivity index (χ1) is 18.2. The molecule has 9 heteroatoms. The van der Waals surface area contributed by atoms with Gasteiger partial charge in [-0.1, -0.05) is 6.58 Å². The zero-order valence-electron chi connectivity index (χ0n) is 21.4. The van der Waals surface area contributed by atoms with Crippen molar-refractivity contribution in [1.82, 2.24) is 14.8 Å². The Morgan fingerprint density at radius 3 is 2.54 bits per heavy atom. The molecule has 1 N–H and O–H groups in total. The molecule has 0 unspecified atom stereocenters. The van der Waals surface area contributed by atoms with Gasteiger partial charge in [0.2, 0.25) is 5.91 Å². The van der Waals surface area contributed by atoms with Crippen molar-refractivity contribution in [2.45, 2.75) is 25.5 Å². The number of piperidine rings is 1. The van der Waals surface area contributed by atoms with E-state index < -0.39 is 0 Å². The third-order valence-corrected chi connectivity index (χ3v) is 8.12. The monoisotopic (exact) mass is 504 g/mol. The Labute approximate surface area is 218 Å². The molecule has 4 aliphatic rings. The van der Waals surface area contributed by atoms with Crippen LogP contribution in [0.1, 0.15) is 18.4 Å². The number of pyridine rings is 1. The number of aromatic nitrogens is 1. The van der Waals surface area contributed by atoms with Gasteiger partial charge in [0.15, 0.2) is 0 Å². The fraction of sp³-hybridized carbons (Fsp3) is 0.500. The molecule has 6 rings (SSSR count). The summed E-state index contributed by atoms with van der Waals surface area (Å²) in [6, 6.07) is 9.08. The first-order valence-corrected chi connectivity index (χ1v) is 13.4. The number of nitrogens with one attached hydrogen (secondary N) is 1. The first kappa shape index (κ1) is 24.1. The SMILES string of the molecule is C=CC(=O)N1CCC(N2CCN(c3ccc4c(c3)Nc3nccc(N5CCOCC5)c3CO4)CC2)CC1. The normalized spacial score (nSPS) is 20.8. The summed E-state index contributed by atoms with van der Waals surface area (Å²) in [5.41, 5.74) is 4.43. The number of fused-ring (bicyclic) bond motifs is 2. The van der Waals surface area contributed by atoms with Gasteiger partial charge in [0, 0.05) is 76.0 Å². The van der Waals surface area contributed by atoms with Gasteiger partial charge in [-0.15, -0.1) is 0 Å². The molecule has 1 amide bonds. The molecule has 0 saturated carbocycles. The number of amides is 1. The molecule has 1 aromatic heterocycles. The third-order valence-electron chi connectivity index (χ3n) is 8.12. The second-order valence-corrected chi connectivity index (χ2v) is 10.1. The van der Waals surface area contributed by atoms with E-state index in [1.54, 1.807) is 0 Å².